The standard InChI is InChI=1S/C22H30N4O4/c1-13(2)10-18(21(28)26-9-5-8-19(26)22(29)30)25-20(27)16(23)11-14-12-24-17-7-4-3-6-15(14)17/h3-4,6-7,12-13,16,18-19,24H,5,8-11,23H2,1-2H3,(H,25,27)(H,29,30)/t16-,18-,19+/m0/s1. The molecule has 8 nitrogen and oxygen atoms in total. The van der Waals surface area contributed by atoms with Crippen LogP contribution in [0.3, 0.4) is 0 Å². The molecule has 8 heteroatoms. The van der Waals surface area contributed by atoms with Gasteiger partial charge in [-0.15, -0.1) is 0 Å². The normalized spacial score (nSPS) is 18.5. The van der Waals surface area contributed by atoms with Gasteiger partial charge in [-0.1, -0.05) is 32.0 Å². The molecule has 5 N–H and O–H groups in total. The van der Waals surface area contributed by atoms with Gasteiger partial charge in [-0.05, 0) is 43.2 Å². The second kappa shape index (κ2) is 9.30. The fraction of sp³-hybridized carbons (Fsp3) is 0.500. The molecular formula is C22H30N4O4. The van der Waals surface area contributed by atoms with Crippen molar-refractivity contribution < 1.29 is 19.5 Å². The van der Waals surface area contributed by atoms with E-state index in [0.717, 1.165) is 16.5 Å². The number of hydrogen-bond donors (Lipinski definition) is 4. The molecule has 2 amide bonds. The third-order valence-electron chi connectivity index (χ3n) is 5.59. The molecule has 1 aliphatic heterocycles. The molecule has 2 aromatic rings. The second-order valence-corrected chi connectivity index (χ2v) is 8.39. The molecule has 0 saturated carbocycles. The van der Waals surface area contributed by atoms with Crippen molar-refractivity contribution >= 4 is 28.7 Å². The minimum atomic E-state index is -1.01. The predicted octanol–water partition coefficient (Wildman–Crippen LogP) is 1.64. The lowest BCUT2D eigenvalue weighted by atomic mass is 10.0. The SMILES string of the molecule is CC(C)C[C@H](NC(=O)[C@@H](N)Cc1c[nH]c2ccccc12)C(=O)N1CCC[C@@H]1C(=O)O. The molecule has 2 heterocycles. The third-order valence-corrected chi connectivity index (χ3v) is 5.59. The van der Waals surface area contributed by atoms with Gasteiger partial charge in [0.15, 0.2) is 0 Å². The largest absolute Gasteiger partial charge is 0.480 e. The predicted molar refractivity (Wildman–Crippen MR) is 114 cm³/mol. The van der Waals surface area contributed by atoms with Crippen molar-refractivity contribution in [2.24, 2.45) is 11.7 Å². The van der Waals surface area contributed by atoms with Gasteiger partial charge in [-0.25, -0.2) is 4.79 Å². The maximum absolute atomic E-state index is 13.0. The molecule has 0 bridgehead atoms. The van der Waals surface area contributed by atoms with Gasteiger partial charge in [0.25, 0.3) is 0 Å². The molecule has 0 spiro atoms. The van der Waals surface area contributed by atoms with Gasteiger partial charge < -0.3 is 26.0 Å². The van der Waals surface area contributed by atoms with Crippen LogP contribution in [0.4, 0.5) is 0 Å². The van der Waals surface area contributed by atoms with Crippen LogP contribution in [0.25, 0.3) is 10.9 Å². The van der Waals surface area contributed by atoms with Crippen LogP contribution in [0.1, 0.15) is 38.7 Å². The lowest BCUT2D eigenvalue weighted by Gasteiger charge is -2.29. The molecule has 1 aromatic carbocycles. The molecular weight excluding hydrogens is 384 g/mol. The maximum atomic E-state index is 13.0. The summed E-state index contributed by atoms with van der Waals surface area (Å²) in [5.41, 5.74) is 8.07. The molecule has 30 heavy (non-hydrogen) atoms. The van der Waals surface area contributed by atoms with E-state index in [2.05, 4.69) is 10.3 Å². The highest BCUT2D eigenvalue weighted by atomic mass is 16.4. The number of carboxylic acid groups (broad SMARTS) is 1. The number of para-hydroxylation sites is 1. The van der Waals surface area contributed by atoms with Crippen molar-refractivity contribution in [3.63, 3.8) is 0 Å². The lowest BCUT2D eigenvalue weighted by molar-refractivity contribution is -0.149. The number of nitrogens with zero attached hydrogens (tertiary/aromatic N) is 1. The van der Waals surface area contributed by atoms with E-state index in [4.69, 9.17) is 5.73 Å². The summed E-state index contributed by atoms with van der Waals surface area (Å²) in [5, 5.41) is 13.2. The van der Waals surface area contributed by atoms with Crippen LogP contribution in [-0.4, -0.2) is 57.4 Å². The van der Waals surface area contributed by atoms with Crippen LogP contribution >= 0.6 is 0 Å². The zero-order valence-electron chi connectivity index (χ0n) is 17.4. The van der Waals surface area contributed by atoms with Crippen LogP contribution < -0.4 is 11.1 Å². The number of aromatic nitrogens is 1. The van der Waals surface area contributed by atoms with Gasteiger partial charge in [0.2, 0.25) is 11.8 Å². The zero-order chi connectivity index (χ0) is 21.8. The zero-order valence-corrected chi connectivity index (χ0v) is 17.4. The highest BCUT2D eigenvalue weighted by Gasteiger charge is 2.38. The molecule has 1 fully saturated rings. The summed E-state index contributed by atoms with van der Waals surface area (Å²) in [6.45, 7) is 4.30. The minimum Gasteiger partial charge on any atom is -0.480 e. The summed E-state index contributed by atoms with van der Waals surface area (Å²) in [7, 11) is 0. The monoisotopic (exact) mass is 414 g/mol. The Morgan fingerprint density at radius 2 is 2.03 bits per heavy atom. The second-order valence-electron chi connectivity index (χ2n) is 8.39. The van der Waals surface area contributed by atoms with Gasteiger partial charge in [0, 0.05) is 23.6 Å². The first-order valence-electron chi connectivity index (χ1n) is 10.4. The number of likely N-dealkylation sites (tertiary alicyclic amines) is 1. The summed E-state index contributed by atoms with van der Waals surface area (Å²) in [5.74, 6) is -1.62. The number of rotatable bonds is 8. The van der Waals surface area contributed by atoms with E-state index in [1.165, 1.54) is 4.90 Å². The Morgan fingerprint density at radius 3 is 2.73 bits per heavy atom. The van der Waals surface area contributed by atoms with Crippen LogP contribution in [0.5, 0.6) is 0 Å². The lowest BCUT2D eigenvalue weighted by Crippen LogP contribution is -2.55. The smallest absolute Gasteiger partial charge is 0.326 e. The first-order valence-corrected chi connectivity index (χ1v) is 10.4. The van der Waals surface area contributed by atoms with Crippen molar-refractivity contribution in [2.75, 3.05) is 6.54 Å². The van der Waals surface area contributed by atoms with E-state index in [1.807, 2.05) is 44.3 Å². The van der Waals surface area contributed by atoms with Crippen molar-refractivity contribution in [3.8, 4) is 0 Å². The Balaban J connectivity index is 1.70. The van der Waals surface area contributed by atoms with Crippen molar-refractivity contribution in [1.82, 2.24) is 15.2 Å². The molecule has 0 unspecified atom stereocenters. The molecule has 3 rings (SSSR count). The molecule has 1 aromatic heterocycles. The Labute approximate surface area is 175 Å². The minimum absolute atomic E-state index is 0.148. The molecule has 0 radical (unpaired) electrons. The quantitative estimate of drug-likeness (QED) is 0.522. The van der Waals surface area contributed by atoms with Crippen LogP contribution in [0.15, 0.2) is 30.5 Å². The average Bonchev–Trinajstić information content (AvgIpc) is 3.34. The topological polar surface area (TPSA) is 129 Å². The van der Waals surface area contributed by atoms with Gasteiger partial charge in [-0.3, -0.25) is 9.59 Å². The third kappa shape index (κ3) is 4.81. The van der Waals surface area contributed by atoms with Gasteiger partial charge in [0.1, 0.15) is 12.1 Å². The van der Waals surface area contributed by atoms with Gasteiger partial charge in [-0.2, -0.15) is 0 Å². The number of H-pyrrole nitrogens is 1. The number of carbonyl (C=O) groups is 3. The summed E-state index contributed by atoms with van der Waals surface area (Å²) >= 11 is 0. The van der Waals surface area contributed by atoms with Crippen LogP contribution in [0, 0.1) is 5.92 Å². The Kier molecular flexibility index (Phi) is 6.77. The highest BCUT2D eigenvalue weighted by molar-refractivity contribution is 5.92. The van der Waals surface area contributed by atoms with E-state index >= 15 is 0 Å². The van der Waals surface area contributed by atoms with Crippen LogP contribution in [-0.2, 0) is 20.8 Å². The summed E-state index contributed by atoms with van der Waals surface area (Å²) in [6.07, 6.45) is 3.68. The number of carboxylic acids is 1. The van der Waals surface area contributed by atoms with E-state index in [1.54, 1.807) is 0 Å². The first kappa shape index (κ1) is 21.8. The average molecular weight is 415 g/mol. The van der Waals surface area contributed by atoms with Crippen molar-refractivity contribution in [1.29, 1.82) is 0 Å². The molecule has 1 aliphatic rings. The molecule has 162 valence electrons. The van der Waals surface area contributed by atoms with E-state index in [9.17, 15) is 19.5 Å². The fourth-order valence-corrected chi connectivity index (χ4v) is 4.09. The van der Waals surface area contributed by atoms with Crippen LogP contribution in [0.2, 0.25) is 0 Å². The Bertz CT molecular complexity index is 923. The molecule has 0 aliphatic carbocycles. The van der Waals surface area contributed by atoms with E-state index in [0.29, 0.717) is 32.2 Å². The molecule has 1 saturated heterocycles. The highest BCUT2D eigenvalue weighted by Crippen LogP contribution is 2.21. The summed E-state index contributed by atoms with van der Waals surface area (Å²) < 4.78 is 0. The summed E-state index contributed by atoms with van der Waals surface area (Å²) in [4.78, 5) is 41.9. The Hall–Kier alpha value is -2.87. The van der Waals surface area contributed by atoms with Crippen molar-refractivity contribution in [2.45, 2.75) is 57.7 Å². The number of fused-ring (bicyclic) bond motifs is 1. The maximum Gasteiger partial charge on any atom is 0.326 e. The van der Waals surface area contributed by atoms with E-state index < -0.39 is 30.0 Å². The number of benzene rings is 1. The number of hydrogen-bond acceptors (Lipinski definition) is 4. The van der Waals surface area contributed by atoms with Gasteiger partial charge >= 0.3 is 5.97 Å². The number of nitrogens with two attached hydrogens (primary N) is 1. The number of aromatic amines is 1. The summed E-state index contributed by atoms with van der Waals surface area (Å²) in [6, 6.07) is 5.35. The number of amides is 2. The number of carbonyl (C=O) groups excluding carboxylic acids is 2. The van der Waals surface area contributed by atoms with Gasteiger partial charge in [0.05, 0.1) is 6.04 Å². The number of nitrogens with one attached hydrogen (secondary N) is 2. The van der Waals surface area contributed by atoms with Crippen molar-refractivity contribution in [3.05, 3.63) is 36.0 Å². The number of aliphatic carboxylic acids is 1. The first-order chi connectivity index (χ1) is 14.3. The molecule has 3 atom stereocenters. The van der Waals surface area contributed by atoms with E-state index in [-0.39, 0.29) is 11.8 Å². The Morgan fingerprint density at radius 1 is 1.30 bits per heavy atom. The fourth-order valence-electron chi connectivity index (χ4n) is 4.09.